The van der Waals surface area contributed by atoms with E-state index in [1.54, 1.807) is 0 Å². The number of fused-ring (bicyclic) bond motifs is 1. The van der Waals surface area contributed by atoms with Crippen LogP contribution in [-0.4, -0.2) is 59.4 Å². The molecular formula is C19H26N5O3+. The normalized spacial score (nSPS) is 28.1. The topological polar surface area (TPSA) is 82.7 Å². The van der Waals surface area contributed by atoms with Crippen molar-refractivity contribution in [2.24, 2.45) is 0 Å². The molecule has 8 heteroatoms. The largest absolute Gasteiger partial charge is 0.371 e. The van der Waals surface area contributed by atoms with Gasteiger partial charge in [0.25, 0.3) is 0 Å². The number of benzene rings is 1. The number of carbonyl (C=O) groups excluding carboxylic acids is 1. The van der Waals surface area contributed by atoms with Crippen LogP contribution in [0.5, 0.6) is 0 Å². The fourth-order valence-corrected chi connectivity index (χ4v) is 3.96. The third-order valence-electron chi connectivity index (χ3n) is 5.15. The van der Waals surface area contributed by atoms with Crippen molar-refractivity contribution in [1.82, 2.24) is 20.3 Å². The Labute approximate surface area is 158 Å². The summed E-state index contributed by atoms with van der Waals surface area (Å²) in [6.45, 7) is 4.23. The molecule has 2 saturated heterocycles. The third-order valence-corrected chi connectivity index (χ3v) is 5.15. The van der Waals surface area contributed by atoms with Crippen molar-refractivity contribution in [1.29, 1.82) is 0 Å². The van der Waals surface area contributed by atoms with Gasteiger partial charge in [-0.3, -0.25) is 4.79 Å². The van der Waals surface area contributed by atoms with E-state index in [9.17, 15) is 4.79 Å². The molecule has 5 atom stereocenters. The molecule has 1 amide bonds. The standard InChI is InChI=1S/C19H25N5O3/c1-13(25)20-16-11-26-19-17(12-27-18(16)19)24-10-15(21-22-24)9-23(2)8-14-6-4-3-5-7-14/h3-7,10,16-19H,8-9,11-12H2,1-2H3,(H,20,25)/p+1/t16-,17-,18+,19+/m0/s1. The summed E-state index contributed by atoms with van der Waals surface area (Å²) in [5.41, 5.74) is 2.25. The molecule has 2 aliphatic rings. The first kappa shape index (κ1) is 18.1. The molecular weight excluding hydrogens is 346 g/mol. The number of hydrogen-bond acceptors (Lipinski definition) is 5. The first-order chi connectivity index (χ1) is 13.1. The van der Waals surface area contributed by atoms with Crippen LogP contribution in [0.1, 0.15) is 24.2 Å². The van der Waals surface area contributed by atoms with Crippen LogP contribution in [0.4, 0.5) is 0 Å². The highest BCUT2D eigenvalue weighted by Gasteiger charge is 2.49. The van der Waals surface area contributed by atoms with Crippen LogP contribution in [0.15, 0.2) is 36.5 Å². The predicted molar refractivity (Wildman–Crippen MR) is 96.9 cm³/mol. The van der Waals surface area contributed by atoms with Crippen LogP contribution in [0, 0.1) is 0 Å². The Kier molecular flexibility index (Phi) is 5.20. The Hall–Kier alpha value is -2.29. The molecule has 3 heterocycles. The lowest BCUT2D eigenvalue weighted by Gasteiger charge is -2.16. The van der Waals surface area contributed by atoms with Gasteiger partial charge in [-0.2, -0.15) is 0 Å². The molecule has 4 rings (SSSR count). The summed E-state index contributed by atoms with van der Waals surface area (Å²) in [4.78, 5) is 12.7. The summed E-state index contributed by atoms with van der Waals surface area (Å²) in [6.07, 6.45) is 1.75. The Morgan fingerprint density at radius 3 is 2.78 bits per heavy atom. The van der Waals surface area contributed by atoms with Crippen LogP contribution >= 0.6 is 0 Å². The second-order valence-electron chi connectivity index (χ2n) is 7.46. The fraction of sp³-hybridized carbons (Fsp3) is 0.526. The van der Waals surface area contributed by atoms with Crippen molar-refractivity contribution in [3.63, 3.8) is 0 Å². The molecule has 0 aliphatic carbocycles. The summed E-state index contributed by atoms with van der Waals surface area (Å²) < 4.78 is 13.6. The van der Waals surface area contributed by atoms with Gasteiger partial charge in [0.1, 0.15) is 37.0 Å². The van der Waals surface area contributed by atoms with E-state index in [2.05, 4.69) is 46.9 Å². The van der Waals surface area contributed by atoms with E-state index >= 15 is 0 Å². The average Bonchev–Trinajstić information content (AvgIpc) is 3.33. The highest BCUT2D eigenvalue weighted by Crippen LogP contribution is 2.33. The summed E-state index contributed by atoms with van der Waals surface area (Å²) in [7, 11) is 2.15. The highest BCUT2D eigenvalue weighted by molar-refractivity contribution is 5.73. The van der Waals surface area contributed by atoms with E-state index in [4.69, 9.17) is 9.47 Å². The van der Waals surface area contributed by atoms with Crippen molar-refractivity contribution < 1.29 is 19.2 Å². The van der Waals surface area contributed by atoms with Crippen molar-refractivity contribution in [2.75, 3.05) is 20.3 Å². The lowest BCUT2D eigenvalue weighted by Crippen LogP contribution is -3.06. The van der Waals surface area contributed by atoms with Crippen molar-refractivity contribution in [2.45, 2.75) is 44.3 Å². The maximum absolute atomic E-state index is 11.3. The monoisotopic (exact) mass is 372 g/mol. The van der Waals surface area contributed by atoms with Crippen LogP contribution in [-0.2, 0) is 27.4 Å². The van der Waals surface area contributed by atoms with E-state index in [-0.39, 0.29) is 30.2 Å². The van der Waals surface area contributed by atoms with Gasteiger partial charge in [0.2, 0.25) is 5.91 Å². The Morgan fingerprint density at radius 1 is 1.22 bits per heavy atom. The molecule has 8 nitrogen and oxygen atoms in total. The van der Waals surface area contributed by atoms with E-state index in [0.717, 1.165) is 18.8 Å². The molecule has 2 aromatic rings. The number of quaternary nitrogens is 1. The molecule has 27 heavy (non-hydrogen) atoms. The Bertz CT molecular complexity index is 781. The average molecular weight is 372 g/mol. The zero-order valence-corrected chi connectivity index (χ0v) is 15.7. The lowest BCUT2D eigenvalue weighted by molar-refractivity contribution is -0.908. The minimum absolute atomic E-state index is 0.00978. The number of carbonyl (C=O) groups is 1. The first-order valence-corrected chi connectivity index (χ1v) is 9.36. The summed E-state index contributed by atoms with van der Waals surface area (Å²) in [6, 6.07) is 10.3. The molecule has 0 spiro atoms. The predicted octanol–water partition coefficient (Wildman–Crippen LogP) is -0.664. The van der Waals surface area contributed by atoms with Gasteiger partial charge in [-0.15, -0.1) is 5.10 Å². The maximum atomic E-state index is 11.3. The molecule has 1 unspecified atom stereocenters. The SMILES string of the molecule is CC(=O)N[C@H]1CO[C@H]2[C@@H]1OC[C@@H]2n1cc(C[NH+](C)Cc2ccccc2)nn1. The van der Waals surface area contributed by atoms with Gasteiger partial charge in [-0.25, -0.2) is 4.68 Å². The maximum Gasteiger partial charge on any atom is 0.217 e. The molecule has 1 aromatic carbocycles. The molecule has 1 aromatic heterocycles. The van der Waals surface area contributed by atoms with Gasteiger partial charge in [-0.1, -0.05) is 35.5 Å². The molecule has 2 aliphatic heterocycles. The number of aromatic nitrogens is 3. The second-order valence-corrected chi connectivity index (χ2v) is 7.46. The van der Waals surface area contributed by atoms with Gasteiger partial charge < -0.3 is 19.7 Å². The van der Waals surface area contributed by atoms with Gasteiger partial charge in [-0.05, 0) is 0 Å². The van der Waals surface area contributed by atoms with Crippen LogP contribution in [0.3, 0.4) is 0 Å². The van der Waals surface area contributed by atoms with Crippen LogP contribution in [0.25, 0.3) is 0 Å². The number of amides is 1. The Morgan fingerprint density at radius 2 is 2.00 bits per heavy atom. The van der Waals surface area contributed by atoms with Gasteiger partial charge in [0.05, 0.1) is 32.5 Å². The van der Waals surface area contributed by atoms with E-state index in [0.29, 0.717) is 13.2 Å². The van der Waals surface area contributed by atoms with Crippen molar-refractivity contribution in [3.8, 4) is 0 Å². The molecule has 0 radical (unpaired) electrons. The lowest BCUT2D eigenvalue weighted by atomic mass is 10.1. The fourth-order valence-electron chi connectivity index (χ4n) is 3.96. The van der Waals surface area contributed by atoms with Gasteiger partial charge in [0.15, 0.2) is 0 Å². The number of nitrogens with zero attached hydrogens (tertiary/aromatic N) is 3. The van der Waals surface area contributed by atoms with E-state index in [1.165, 1.54) is 17.4 Å². The number of ether oxygens (including phenoxy) is 2. The van der Waals surface area contributed by atoms with Crippen LogP contribution < -0.4 is 10.2 Å². The van der Waals surface area contributed by atoms with Crippen molar-refractivity contribution >= 4 is 5.91 Å². The number of rotatable bonds is 6. The minimum Gasteiger partial charge on any atom is -0.371 e. The van der Waals surface area contributed by atoms with Crippen molar-refractivity contribution in [3.05, 3.63) is 47.8 Å². The quantitative estimate of drug-likeness (QED) is 0.703. The molecule has 2 fully saturated rings. The first-order valence-electron chi connectivity index (χ1n) is 9.36. The zero-order chi connectivity index (χ0) is 18.8. The molecule has 2 N–H and O–H groups in total. The summed E-state index contributed by atoms with van der Waals surface area (Å²) >= 11 is 0. The number of nitrogens with one attached hydrogen (secondary N) is 2. The summed E-state index contributed by atoms with van der Waals surface area (Å²) in [5.74, 6) is -0.0660. The molecule has 0 bridgehead atoms. The van der Waals surface area contributed by atoms with E-state index < -0.39 is 0 Å². The Balaban J connectivity index is 1.36. The smallest absolute Gasteiger partial charge is 0.217 e. The summed E-state index contributed by atoms with van der Waals surface area (Å²) in [5, 5.41) is 11.5. The minimum atomic E-state index is -0.127. The molecule has 144 valence electrons. The van der Waals surface area contributed by atoms with Crippen LogP contribution in [0.2, 0.25) is 0 Å². The van der Waals surface area contributed by atoms with E-state index in [1.807, 2.05) is 16.9 Å². The third kappa shape index (κ3) is 4.02. The van der Waals surface area contributed by atoms with Gasteiger partial charge >= 0.3 is 0 Å². The molecule has 0 saturated carbocycles. The second kappa shape index (κ2) is 7.75. The highest BCUT2D eigenvalue weighted by atomic mass is 16.6. The number of hydrogen-bond donors (Lipinski definition) is 2. The zero-order valence-electron chi connectivity index (χ0n) is 15.7. The van der Waals surface area contributed by atoms with Gasteiger partial charge in [0, 0.05) is 12.5 Å².